The van der Waals surface area contributed by atoms with E-state index < -0.39 is 14.6 Å². The van der Waals surface area contributed by atoms with Gasteiger partial charge >= 0.3 is 51.2 Å². The normalized spacial score (nSPS) is 4.15. The van der Waals surface area contributed by atoms with Crippen molar-refractivity contribution in [2.24, 2.45) is 0 Å². The van der Waals surface area contributed by atoms with Gasteiger partial charge in [-0.1, -0.05) is 0 Å². The first-order chi connectivity index (χ1) is 3.46. The average molecular weight is 399 g/mol. The van der Waals surface area contributed by atoms with E-state index in [1.807, 2.05) is 0 Å². The second-order valence-corrected chi connectivity index (χ2v) is 0.577. The molecule has 0 heterocycles. The average Bonchev–Trinajstić information content (AvgIpc) is 1.25. The Balaban J connectivity index is -0.00000000800. The maximum atomic E-state index is 8.42. The smallest absolute Gasteiger partial charge is 0.907 e. The zero-order valence-electron chi connectivity index (χ0n) is 5.39. The third-order valence-corrected chi connectivity index (χ3v) is 0. The molecule has 89 valence electrons. The summed E-state index contributed by atoms with van der Waals surface area (Å²) in [6.07, 6.45) is 0. The minimum Gasteiger partial charge on any atom is -0.907 e. The van der Waals surface area contributed by atoms with E-state index in [0.29, 0.717) is 0 Å². The molecule has 0 rings (SSSR count). The molecular formula is AlB2Cu4O6. The van der Waals surface area contributed by atoms with Crippen molar-refractivity contribution >= 4 is 32.0 Å². The third-order valence-electron chi connectivity index (χ3n) is 0. The molecule has 0 amide bonds. The van der Waals surface area contributed by atoms with Crippen LogP contribution in [0.3, 0.4) is 0 Å². The van der Waals surface area contributed by atoms with E-state index in [4.69, 9.17) is 30.1 Å². The largest absolute Gasteiger partial charge is 2.00 e. The molecule has 0 fully saturated rings. The van der Waals surface area contributed by atoms with Gasteiger partial charge in [0.05, 0.1) is 0 Å². The zero-order chi connectivity index (χ0) is 7.15. The third kappa shape index (κ3) is 362. The molecule has 0 saturated carbocycles. The van der Waals surface area contributed by atoms with Gasteiger partial charge in [-0.15, -0.1) is 0 Å². The summed E-state index contributed by atoms with van der Waals surface area (Å²) < 4.78 is 0. The van der Waals surface area contributed by atoms with Crippen molar-refractivity contribution in [2.75, 3.05) is 0 Å². The van der Waals surface area contributed by atoms with Crippen molar-refractivity contribution < 1.29 is 98.4 Å². The molecule has 0 aliphatic heterocycles. The second kappa shape index (κ2) is 36.6. The minimum absolute atomic E-state index is 0. The fourth-order valence-electron chi connectivity index (χ4n) is 0. The molecule has 0 aliphatic carbocycles. The maximum absolute atomic E-state index is 8.42. The summed E-state index contributed by atoms with van der Waals surface area (Å²) in [6, 6.07) is 0. The van der Waals surface area contributed by atoms with Gasteiger partial charge in [-0.3, -0.25) is 14.6 Å². The summed E-state index contributed by atoms with van der Waals surface area (Å²) in [6.45, 7) is 0. The molecular weight excluding hydrogens is 399 g/mol. The Morgan fingerprint density at radius 3 is 0.538 bits per heavy atom. The predicted octanol–water partition coefficient (Wildman–Crippen LogP) is -8.29. The van der Waals surface area contributed by atoms with Gasteiger partial charge in [0.15, 0.2) is 0 Å². The summed E-state index contributed by atoms with van der Waals surface area (Å²) in [5.41, 5.74) is 0. The molecule has 6 nitrogen and oxygen atoms in total. The van der Waals surface area contributed by atoms with E-state index in [-0.39, 0.29) is 85.6 Å². The first kappa shape index (κ1) is 45.1. The van der Waals surface area contributed by atoms with E-state index in [0.717, 1.165) is 0 Å². The molecule has 0 spiro atoms. The Morgan fingerprint density at radius 2 is 0.538 bits per heavy atom. The molecule has 0 N–H and O–H groups in total. The summed E-state index contributed by atoms with van der Waals surface area (Å²) in [4.78, 5) is 0. The number of hydrogen-bond acceptors (Lipinski definition) is 6. The molecule has 0 aromatic heterocycles. The van der Waals surface area contributed by atoms with Crippen molar-refractivity contribution in [3.63, 3.8) is 0 Å². The molecule has 13 heavy (non-hydrogen) atoms. The molecule has 0 bridgehead atoms. The van der Waals surface area contributed by atoms with Crippen LogP contribution in [-0.4, -0.2) is 32.0 Å². The topological polar surface area (TPSA) is 138 Å². The van der Waals surface area contributed by atoms with Crippen LogP contribution < -0.4 is 30.1 Å². The Bertz CT molecular complexity index is 38.1. The van der Waals surface area contributed by atoms with Crippen LogP contribution in [-0.2, 0) is 68.3 Å². The Hall–Kier alpha value is 2.50. The fraction of sp³-hybridized carbons (Fsp3) is 0. The second-order valence-electron chi connectivity index (χ2n) is 0.577. The van der Waals surface area contributed by atoms with Crippen molar-refractivity contribution in [3.05, 3.63) is 0 Å². The summed E-state index contributed by atoms with van der Waals surface area (Å²) in [5.74, 6) is 0. The van der Waals surface area contributed by atoms with E-state index >= 15 is 0 Å². The van der Waals surface area contributed by atoms with Gasteiger partial charge in [0, 0.05) is 34.4 Å². The molecule has 0 aromatic carbocycles. The van der Waals surface area contributed by atoms with Gasteiger partial charge in [-0.05, 0) is 0 Å². The molecule has 0 aromatic rings. The first-order valence-electron chi connectivity index (χ1n) is 1.41. The minimum atomic E-state index is -2.92. The molecule has 0 atom stereocenters. The van der Waals surface area contributed by atoms with Gasteiger partial charge < -0.3 is 30.1 Å². The quantitative estimate of drug-likeness (QED) is 0.371. The number of rotatable bonds is 0. The summed E-state index contributed by atoms with van der Waals surface area (Å²) in [5, 5.41) is 50.5. The van der Waals surface area contributed by atoms with E-state index in [2.05, 4.69) is 0 Å². The van der Waals surface area contributed by atoms with Gasteiger partial charge in [0.2, 0.25) is 0 Å². The number of hydrogen-bond donors (Lipinski definition) is 0. The van der Waals surface area contributed by atoms with Crippen molar-refractivity contribution in [1.29, 1.82) is 0 Å². The van der Waals surface area contributed by atoms with Crippen LogP contribution >= 0.6 is 0 Å². The van der Waals surface area contributed by atoms with Crippen LogP contribution in [0.2, 0.25) is 0 Å². The monoisotopic (exact) mass is 397 g/mol. The van der Waals surface area contributed by atoms with Crippen molar-refractivity contribution in [2.45, 2.75) is 0 Å². The van der Waals surface area contributed by atoms with Crippen LogP contribution in [0.15, 0.2) is 0 Å². The molecule has 0 unspecified atom stereocenters. The van der Waals surface area contributed by atoms with Gasteiger partial charge in [-0.2, -0.15) is 0 Å². The van der Waals surface area contributed by atoms with E-state index in [9.17, 15) is 0 Å². The van der Waals surface area contributed by atoms with Crippen molar-refractivity contribution in [3.8, 4) is 0 Å². The Kier molecular flexibility index (Phi) is 127. The molecule has 13 heteroatoms. The van der Waals surface area contributed by atoms with Crippen LogP contribution in [0.1, 0.15) is 0 Å². The SMILES string of the molecule is [Al].[Cu+2].[Cu+2].[Cu+2].[Cu].[O-]B([O-])[O-].[O-]B([O-])[O-]. The van der Waals surface area contributed by atoms with E-state index in [1.54, 1.807) is 0 Å². The van der Waals surface area contributed by atoms with Gasteiger partial charge in [0.1, 0.15) is 0 Å². The predicted molar refractivity (Wildman–Crippen MR) is 17.3 cm³/mol. The molecule has 7 radical (unpaired) electrons. The molecule has 0 saturated heterocycles. The summed E-state index contributed by atoms with van der Waals surface area (Å²) in [7, 11) is -5.83. The summed E-state index contributed by atoms with van der Waals surface area (Å²) >= 11 is 0. The van der Waals surface area contributed by atoms with E-state index in [1.165, 1.54) is 0 Å². The van der Waals surface area contributed by atoms with Crippen LogP contribution in [0, 0.1) is 0 Å². The van der Waals surface area contributed by atoms with Gasteiger partial charge in [0.25, 0.3) is 0 Å². The van der Waals surface area contributed by atoms with Gasteiger partial charge in [-0.25, -0.2) is 0 Å². The van der Waals surface area contributed by atoms with Crippen LogP contribution in [0.5, 0.6) is 0 Å². The Morgan fingerprint density at radius 1 is 0.538 bits per heavy atom. The first-order valence-corrected chi connectivity index (χ1v) is 1.41. The Labute approximate surface area is 129 Å². The zero-order valence-corrected chi connectivity index (χ0v) is 10.3. The fourth-order valence-corrected chi connectivity index (χ4v) is 0. The molecule has 0 aliphatic rings. The van der Waals surface area contributed by atoms with Crippen LogP contribution in [0.4, 0.5) is 0 Å². The van der Waals surface area contributed by atoms with Crippen molar-refractivity contribution in [1.82, 2.24) is 0 Å². The van der Waals surface area contributed by atoms with Crippen LogP contribution in [0.25, 0.3) is 0 Å². The maximum Gasteiger partial charge on any atom is 2.00 e. The standard InChI is InChI=1S/Al.2BO3.4Cu/c;2*2-1(3)4;;;;/q;2*-3;;3*+2.